The highest BCUT2D eigenvalue weighted by atomic mass is 16.4. The number of fused-ring (bicyclic) bond motifs is 2. The van der Waals surface area contributed by atoms with Gasteiger partial charge in [-0.2, -0.15) is 0 Å². The molecule has 5 heteroatoms. The van der Waals surface area contributed by atoms with Crippen LogP contribution in [0.3, 0.4) is 0 Å². The first-order valence-electron chi connectivity index (χ1n) is 7.67. The SMILES string of the molecule is CC(C)C(C)CNC(=O)NC1C2CCC(C2)C1C(=O)O. The Labute approximate surface area is 120 Å². The summed E-state index contributed by atoms with van der Waals surface area (Å²) < 4.78 is 0. The predicted octanol–water partition coefficient (Wildman–Crippen LogP) is 2.08. The molecule has 2 saturated carbocycles. The first kappa shape index (κ1) is 15.1. The van der Waals surface area contributed by atoms with Gasteiger partial charge in [0.05, 0.1) is 5.92 Å². The van der Waals surface area contributed by atoms with Gasteiger partial charge in [0, 0.05) is 12.6 Å². The summed E-state index contributed by atoms with van der Waals surface area (Å²) >= 11 is 0. The van der Waals surface area contributed by atoms with Crippen LogP contribution in [0.4, 0.5) is 4.79 Å². The molecule has 2 fully saturated rings. The quantitative estimate of drug-likeness (QED) is 0.722. The average Bonchev–Trinajstić information content (AvgIpc) is 2.96. The van der Waals surface area contributed by atoms with Gasteiger partial charge in [-0.25, -0.2) is 4.79 Å². The van der Waals surface area contributed by atoms with Gasteiger partial charge in [0.1, 0.15) is 0 Å². The van der Waals surface area contributed by atoms with Gasteiger partial charge in [0.2, 0.25) is 0 Å². The van der Waals surface area contributed by atoms with Crippen LogP contribution in [-0.2, 0) is 4.79 Å². The fraction of sp³-hybridized carbons (Fsp3) is 0.867. The van der Waals surface area contributed by atoms with Crippen molar-refractivity contribution in [2.75, 3.05) is 6.54 Å². The highest BCUT2D eigenvalue weighted by Crippen LogP contribution is 2.48. The molecule has 0 aromatic carbocycles. The van der Waals surface area contributed by atoms with Crippen molar-refractivity contribution in [3.63, 3.8) is 0 Å². The van der Waals surface area contributed by atoms with Crippen LogP contribution < -0.4 is 10.6 Å². The fourth-order valence-electron chi connectivity index (χ4n) is 3.55. The normalized spacial score (nSPS) is 33.2. The molecule has 0 heterocycles. The number of aliphatic carboxylic acids is 1. The highest BCUT2D eigenvalue weighted by Gasteiger charge is 2.51. The summed E-state index contributed by atoms with van der Waals surface area (Å²) in [5, 5.41) is 15.1. The second-order valence-corrected chi connectivity index (χ2v) is 6.80. The largest absolute Gasteiger partial charge is 0.481 e. The van der Waals surface area contributed by atoms with Gasteiger partial charge in [-0.1, -0.05) is 20.8 Å². The Morgan fingerprint density at radius 2 is 1.85 bits per heavy atom. The third kappa shape index (κ3) is 3.07. The smallest absolute Gasteiger partial charge is 0.315 e. The summed E-state index contributed by atoms with van der Waals surface area (Å²) in [5.74, 6) is 0.354. The molecule has 0 spiro atoms. The Kier molecular flexibility index (Phi) is 4.55. The molecule has 2 aliphatic carbocycles. The van der Waals surface area contributed by atoms with Crippen LogP contribution >= 0.6 is 0 Å². The number of carbonyl (C=O) groups is 2. The number of carbonyl (C=O) groups excluding carboxylic acids is 1. The van der Waals surface area contributed by atoms with E-state index in [4.69, 9.17) is 0 Å². The van der Waals surface area contributed by atoms with Crippen molar-refractivity contribution in [1.29, 1.82) is 0 Å². The summed E-state index contributed by atoms with van der Waals surface area (Å²) in [4.78, 5) is 23.3. The van der Waals surface area contributed by atoms with Crippen LogP contribution in [-0.4, -0.2) is 29.7 Å². The summed E-state index contributed by atoms with van der Waals surface area (Å²) in [6.07, 6.45) is 2.98. The first-order valence-corrected chi connectivity index (χ1v) is 7.67. The van der Waals surface area contributed by atoms with Gasteiger partial charge < -0.3 is 15.7 Å². The fourth-order valence-corrected chi connectivity index (χ4v) is 3.55. The van der Waals surface area contributed by atoms with E-state index in [-0.39, 0.29) is 18.0 Å². The van der Waals surface area contributed by atoms with E-state index in [1.807, 2.05) is 0 Å². The Hall–Kier alpha value is -1.26. The minimum Gasteiger partial charge on any atom is -0.481 e. The number of hydrogen-bond acceptors (Lipinski definition) is 2. The third-order valence-corrected chi connectivity index (χ3v) is 5.22. The molecule has 0 aliphatic heterocycles. The Morgan fingerprint density at radius 3 is 2.45 bits per heavy atom. The third-order valence-electron chi connectivity index (χ3n) is 5.22. The Morgan fingerprint density at radius 1 is 1.20 bits per heavy atom. The van der Waals surface area contributed by atoms with Gasteiger partial charge in [0.25, 0.3) is 0 Å². The van der Waals surface area contributed by atoms with Crippen molar-refractivity contribution in [2.24, 2.45) is 29.6 Å². The number of carboxylic acid groups (broad SMARTS) is 1. The van der Waals surface area contributed by atoms with E-state index in [0.29, 0.717) is 24.3 Å². The number of carboxylic acids is 1. The summed E-state index contributed by atoms with van der Waals surface area (Å²) in [7, 11) is 0. The molecule has 0 radical (unpaired) electrons. The second-order valence-electron chi connectivity index (χ2n) is 6.80. The molecule has 114 valence electrons. The predicted molar refractivity (Wildman–Crippen MR) is 76.3 cm³/mol. The van der Waals surface area contributed by atoms with Crippen molar-refractivity contribution in [2.45, 2.75) is 46.1 Å². The van der Waals surface area contributed by atoms with Crippen molar-refractivity contribution in [3.8, 4) is 0 Å². The van der Waals surface area contributed by atoms with Gasteiger partial charge in [0.15, 0.2) is 0 Å². The molecule has 0 saturated heterocycles. The van der Waals surface area contributed by atoms with Crippen LogP contribution in [0.2, 0.25) is 0 Å². The lowest BCUT2D eigenvalue weighted by atomic mass is 9.84. The van der Waals surface area contributed by atoms with Crippen LogP contribution in [0.5, 0.6) is 0 Å². The summed E-state index contributed by atoms with van der Waals surface area (Å²) in [5.41, 5.74) is 0. The summed E-state index contributed by atoms with van der Waals surface area (Å²) in [6, 6.07) is -0.415. The van der Waals surface area contributed by atoms with E-state index in [1.165, 1.54) is 0 Å². The minimum absolute atomic E-state index is 0.194. The molecule has 2 bridgehead atoms. The van der Waals surface area contributed by atoms with E-state index >= 15 is 0 Å². The van der Waals surface area contributed by atoms with E-state index < -0.39 is 11.9 Å². The zero-order valence-corrected chi connectivity index (χ0v) is 12.6. The van der Waals surface area contributed by atoms with E-state index in [2.05, 4.69) is 31.4 Å². The molecular weight excluding hydrogens is 256 g/mol. The lowest BCUT2D eigenvalue weighted by Gasteiger charge is -2.29. The number of nitrogens with one attached hydrogen (secondary N) is 2. The van der Waals surface area contributed by atoms with E-state index in [9.17, 15) is 14.7 Å². The molecule has 0 aromatic heterocycles. The van der Waals surface area contributed by atoms with Crippen molar-refractivity contribution >= 4 is 12.0 Å². The van der Waals surface area contributed by atoms with Crippen LogP contribution in [0.15, 0.2) is 0 Å². The molecule has 2 amide bonds. The lowest BCUT2D eigenvalue weighted by Crippen LogP contribution is -2.50. The Bertz CT molecular complexity index is 383. The minimum atomic E-state index is -0.766. The molecule has 2 rings (SSSR count). The molecule has 20 heavy (non-hydrogen) atoms. The first-order chi connectivity index (χ1) is 9.40. The van der Waals surface area contributed by atoms with Crippen molar-refractivity contribution < 1.29 is 14.7 Å². The molecule has 5 unspecified atom stereocenters. The van der Waals surface area contributed by atoms with E-state index in [1.54, 1.807) is 0 Å². The molecule has 0 aromatic rings. The van der Waals surface area contributed by atoms with Gasteiger partial charge in [-0.05, 0) is 42.9 Å². The van der Waals surface area contributed by atoms with E-state index in [0.717, 1.165) is 19.3 Å². The zero-order chi connectivity index (χ0) is 14.9. The van der Waals surface area contributed by atoms with Crippen molar-refractivity contribution in [3.05, 3.63) is 0 Å². The number of amides is 2. The Balaban J connectivity index is 1.86. The zero-order valence-electron chi connectivity index (χ0n) is 12.6. The van der Waals surface area contributed by atoms with Crippen molar-refractivity contribution in [1.82, 2.24) is 10.6 Å². The maximum absolute atomic E-state index is 12.0. The number of hydrogen-bond donors (Lipinski definition) is 3. The van der Waals surface area contributed by atoms with Gasteiger partial charge in [-0.3, -0.25) is 4.79 Å². The molecule has 3 N–H and O–H groups in total. The average molecular weight is 282 g/mol. The number of urea groups is 1. The topological polar surface area (TPSA) is 78.4 Å². The van der Waals surface area contributed by atoms with Crippen LogP contribution in [0, 0.1) is 29.6 Å². The standard InChI is InChI=1S/C15H26N2O3/c1-8(2)9(3)7-16-15(20)17-13-11-5-4-10(6-11)12(13)14(18)19/h8-13H,4-7H2,1-3H3,(H,18,19)(H2,16,17,20). The van der Waals surface area contributed by atoms with Gasteiger partial charge >= 0.3 is 12.0 Å². The van der Waals surface area contributed by atoms with Crippen LogP contribution in [0.25, 0.3) is 0 Å². The maximum atomic E-state index is 12.0. The maximum Gasteiger partial charge on any atom is 0.315 e. The van der Waals surface area contributed by atoms with Gasteiger partial charge in [-0.15, -0.1) is 0 Å². The lowest BCUT2D eigenvalue weighted by molar-refractivity contribution is -0.144. The monoisotopic (exact) mass is 282 g/mol. The molecular formula is C15H26N2O3. The number of rotatable bonds is 5. The highest BCUT2D eigenvalue weighted by molar-refractivity contribution is 5.77. The molecule has 5 atom stereocenters. The summed E-state index contributed by atoms with van der Waals surface area (Å²) in [6.45, 7) is 6.98. The molecule has 5 nitrogen and oxygen atoms in total. The van der Waals surface area contributed by atoms with Crippen LogP contribution in [0.1, 0.15) is 40.0 Å². The second kappa shape index (κ2) is 6.02. The molecule has 2 aliphatic rings.